The maximum Gasteiger partial charge on any atom is 0.248 e. The van der Waals surface area contributed by atoms with Crippen LogP contribution in [0.1, 0.15) is 38.4 Å². The molecule has 0 aliphatic heterocycles. The van der Waals surface area contributed by atoms with Gasteiger partial charge in [0.05, 0.1) is 6.26 Å². The van der Waals surface area contributed by atoms with Crippen LogP contribution in [0.4, 0.5) is 8.78 Å². The van der Waals surface area contributed by atoms with Gasteiger partial charge in [0.1, 0.15) is 5.76 Å². The molecule has 4 heteroatoms. The highest BCUT2D eigenvalue weighted by Crippen LogP contribution is 2.47. The fourth-order valence-electron chi connectivity index (χ4n) is 2.59. The van der Waals surface area contributed by atoms with E-state index in [1.807, 2.05) is 25.1 Å². The minimum atomic E-state index is -2.52. The average Bonchev–Trinajstić information content (AvgIpc) is 2.82. The first-order valence-electron chi connectivity index (χ1n) is 6.28. The summed E-state index contributed by atoms with van der Waals surface area (Å²) < 4.78 is 31.8. The average molecular weight is 255 g/mol. The van der Waals surface area contributed by atoms with Crippen LogP contribution < -0.4 is 5.73 Å². The lowest BCUT2D eigenvalue weighted by Gasteiger charge is -2.40. The molecule has 1 aromatic rings. The molecular formula is C14H19F2NO. The topological polar surface area (TPSA) is 39.2 Å². The highest BCUT2D eigenvalue weighted by Gasteiger charge is 2.43. The van der Waals surface area contributed by atoms with Crippen LogP contribution in [0.15, 0.2) is 28.4 Å². The molecule has 2 N–H and O–H groups in total. The van der Waals surface area contributed by atoms with Crippen molar-refractivity contribution in [3.8, 4) is 0 Å². The lowest BCUT2D eigenvalue weighted by atomic mass is 9.68. The second-order valence-corrected chi connectivity index (χ2v) is 5.18. The van der Waals surface area contributed by atoms with E-state index in [0.717, 1.165) is 11.3 Å². The summed E-state index contributed by atoms with van der Waals surface area (Å²) in [6.07, 6.45) is 4.25. The van der Waals surface area contributed by atoms with Gasteiger partial charge in [0.15, 0.2) is 0 Å². The lowest BCUT2D eigenvalue weighted by Crippen LogP contribution is -2.39. The third-order valence-electron chi connectivity index (χ3n) is 4.07. The van der Waals surface area contributed by atoms with Gasteiger partial charge in [-0.25, -0.2) is 8.78 Å². The number of halogens is 2. The number of hydrogen-bond acceptors (Lipinski definition) is 2. The van der Waals surface area contributed by atoms with E-state index in [-0.39, 0.29) is 18.3 Å². The van der Waals surface area contributed by atoms with E-state index < -0.39 is 5.92 Å². The fourth-order valence-corrected chi connectivity index (χ4v) is 2.59. The van der Waals surface area contributed by atoms with Crippen LogP contribution in [0.5, 0.6) is 0 Å². The van der Waals surface area contributed by atoms with Crippen LogP contribution in [0.25, 0.3) is 6.08 Å². The first kappa shape index (κ1) is 13.3. The Bertz CT molecular complexity index is 413. The van der Waals surface area contributed by atoms with Gasteiger partial charge >= 0.3 is 0 Å². The highest BCUT2D eigenvalue weighted by atomic mass is 19.3. The molecule has 1 heterocycles. The van der Waals surface area contributed by atoms with Crippen LogP contribution in [-0.4, -0.2) is 12.5 Å². The van der Waals surface area contributed by atoms with Crippen molar-refractivity contribution >= 4 is 6.08 Å². The van der Waals surface area contributed by atoms with Crippen molar-refractivity contribution in [2.75, 3.05) is 6.54 Å². The summed E-state index contributed by atoms with van der Waals surface area (Å²) in [6, 6.07) is 3.66. The Kier molecular flexibility index (Phi) is 3.57. The van der Waals surface area contributed by atoms with Crippen molar-refractivity contribution in [1.82, 2.24) is 0 Å². The number of hydrogen-bond donors (Lipinski definition) is 1. The van der Waals surface area contributed by atoms with Gasteiger partial charge in [-0.15, -0.1) is 0 Å². The quantitative estimate of drug-likeness (QED) is 0.891. The van der Waals surface area contributed by atoms with Crippen molar-refractivity contribution in [1.29, 1.82) is 0 Å². The summed E-state index contributed by atoms with van der Waals surface area (Å²) in [6.45, 7) is 2.37. The Balaban J connectivity index is 2.18. The molecule has 2 rings (SSSR count). The number of furan rings is 1. The second kappa shape index (κ2) is 4.84. The standard InChI is InChI=1S/C14H19F2NO/c1-11(9-12-3-2-8-18-12)13(10-17)4-6-14(15,16)7-5-13/h2-3,8-9H,4-7,10,17H2,1H3/b11-9-. The van der Waals surface area contributed by atoms with Gasteiger partial charge in [0.2, 0.25) is 5.92 Å². The molecule has 0 atom stereocenters. The zero-order valence-electron chi connectivity index (χ0n) is 10.6. The number of rotatable bonds is 3. The third kappa shape index (κ3) is 2.64. The molecular weight excluding hydrogens is 236 g/mol. The Hall–Kier alpha value is -1.16. The van der Waals surface area contributed by atoms with Crippen molar-refractivity contribution in [3.63, 3.8) is 0 Å². The monoisotopic (exact) mass is 255 g/mol. The maximum absolute atomic E-state index is 13.2. The Labute approximate surface area is 106 Å². The van der Waals surface area contributed by atoms with Crippen LogP contribution in [-0.2, 0) is 0 Å². The first-order chi connectivity index (χ1) is 8.47. The van der Waals surface area contributed by atoms with E-state index in [0.29, 0.717) is 19.4 Å². The molecule has 0 saturated heterocycles. The van der Waals surface area contributed by atoms with Crippen LogP contribution in [0, 0.1) is 5.41 Å². The van der Waals surface area contributed by atoms with Crippen LogP contribution >= 0.6 is 0 Å². The molecule has 18 heavy (non-hydrogen) atoms. The van der Waals surface area contributed by atoms with Gasteiger partial charge in [-0.3, -0.25) is 0 Å². The Morgan fingerprint density at radius 2 is 2.06 bits per heavy atom. The van der Waals surface area contributed by atoms with Crippen molar-refractivity contribution in [3.05, 3.63) is 29.7 Å². The molecule has 0 spiro atoms. The van der Waals surface area contributed by atoms with E-state index >= 15 is 0 Å². The molecule has 0 amide bonds. The zero-order valence-corrected chi connectivity index (χ0v) is 10.6. The SMILES string of the molecule is C/C(=C/c1ccco1)C1(CN)CCC(F)(F)CC1. The summed E-state index contributed by atoms with van der Waals surface area (Å²) in [7, 11) is 0. The highest BCUT2D eigenvalue weighted by molar-refractivity contribution is 5.49. The summed E-state index contributed by atoms with van der Waals surface area (Å²) in [5, 5.41) is 0. The van der Waals surface area contributed by atoms with Gasteiger partial charge in [-0.1, -0.05) is 5.57 Å². The van der Waals surface area contributed by atoms with Gasteiger partial charge in [-0.05, 0) is 38.0 Å². The maximum atomic E-state index is 13.2. The predicted octanol–water partition coefficient (Wildman–Crippen LogP) is 3.84. The van der Waals surface area contributed by atoms with Crippen LogP contribution in [0.2, 0.25) is 0 Å². The van der Waals surface area contributed by atoms with E-state index in [1.54, 1.807) is 6.26 Å². The minimum absolute atomic E-state index is 0.0759. The molecule has 1 aliphatic carbocycles. The normalized spacial score (nSPS) is 23.0. The van der Waals surface area contributed by atoms with Gasteiger partial charge in [0, 0.05) is 24.8 Å². The molecule has 1 aliphatic rings. The molecule has 1 fully saturated rings. The van der Waals surface area contributed by atoms with Crippen molar-refractivity contribution < 1.29 is 13.2 Å². The van der Waals surface area contributed by atoms with Gasteiger partial charge in [0.25, 0.3) is 0 Å². The molecule has 0 radical (unpaired) electrons. The summed E-state index contributed by atoms with van der Waals surface area (Å²) in [4.78, 5) is 0. The van der Waals surface area contributed by atoms with E-state index in [9.17, 15) is 8.78 Å². The molecule has 1 aromatic heterocycles. The van der Waals surface area contributed by atoms with Crippen LogP contribution in [0.3, 0.4) is 0 Å². The summed E-state index contributed by atoms with van der Waals surface area (Å²) in [5.41, 5.74) is 6.58. The Morgan fingerprint density at radius 1 is 1.39 bits per heavy atom. The van der Waals surface area contributed by atoms with Crippen molar-refractivity contribution in [2.45, 2.75) is 38.5 Å². The smallest absolute Gasteiger partial charge is 0.248 e. The fraction of sp³-hybridized carbons (Fsp3) is 0.571. The first-order valence-corrected chi connectivity index (χ1v) is 6.28. The predicted molar refractivity (Wildman–Crippen MR) is 67.3 cm³/mol. The molecule has 0 aromatic carbocycles. The molecule has 1 saturated carbocycles. The van der Waals surface area contributed by atoms with E-state index in [4.69, 9.17) is 10.2 Å². The van der Waals surface area contributed by atoms with Gasteiger partial charge < -0.3 is 10.2 Å². The largest absolute Gasteiger partial charge is 0.465 e. The summed E-state index contributed by atoms with van der Waals surface area (Å²) in [5.74, 6) is -1.78. The molecule has 2 nitrogen and oxygen atoms in total. The van der Waals surface area contributed by atoms with Gasteiger partial charge in [-0.2, -0.15) is 0 Å². The second-order valence-electron chi connectivity index (χ2n) is 5.18. The van der Waals surface area contributed by atoms with Crippen molar-refractivity contribution in [2.24, 2.45) is 11.1 Å². The number of nitrogens with two attached hydrogens (primary N) is 1. The Morgan fingerprint density at radius 3 is 2.56 bits per heavy atom. The zero-order chi connectivity index (χ0) is 13.2. The lowest BCUT2D eigenvalue weighted by molar-refractivity contribution is -0.0579. The minimum Gasteiger partial charge on any atom is -0.465 e. The molecule has 100 valence electrons. The number of alkyl halides is 2. The van der Waals surface area contributed by atoms with E-state index in [1.165, 1.54) is 0 Å². The molecule has 0 unspecified atom stereocenters. The molecule has 0 bridgehead atoms. The van der Waals surface area contributed by atoms with E-state index in [2.05, 4.69) is 0 Å². The third-order valence-corrected chi connectivity index (χ3v) is 4.07. The summed E-state index contributed by atoms with van der Waals surface area (Å²) >= 11 is 0.